The summed E-state index contributed by atoms with van der Waals surface area (Å²) in [5, 5.41) is 3.04. The van der Waals surface area contributed by atoms with Crippen LogP contribution in [0.4, 0.5) is 5.69 Å². The van der Waals surface area contributed by atoms with Crippen LogP contribution in [-0.2, 0) is 16.0 Å². The lowest BCUT2D eigenvalue weighted by atomic mass is 9.87. The molecule has 2 amide bonds. The summed E-state index contributed by atoms with van der Waals surface area (Å²) in [5.41, 5.74) is 2.12. The molecular formula is C25H38N4O2. The summed E-state index contributed by atoms with van der Waals surface area (Å²) in [6.07, 6.45) is 5.91. The van der Waals surface area contributed by atoms with E-state index < -0.39 is 0 Å². The topological polar surface area (TPSA) is 55.9 Å². The van der Waals surface area contributed by atoms with E-state index in [2.05, 4.69) is 41.2 Å². The van der Waals surface area contributed by atoms with Gasteiger partial charge in [-0.15, -0.1) is 0 Å². The van der Waals surface area contributed by atoms with Gasteiger partial charge in [0.05, 0.1) is 5.92 Å². The minimum absolute atomic E-state index is 0.0229. The molecule has 1 aromatic rings. The molecule has 3 fully saturated rings. The number of rotatable bonds is 6. The first-order chi connectivity index (χ1) is 15.0. The van der Waals surface area contributed by atoms with Crippen molar-refractivity contribution in [3.8, 4) is 0 Å². The molecule has 31 heavy (non-hydrogen) atoms. The number of carbonyl (C=O) groups excluding carboxylic acids is 2. The van der Waals surface area contributed by atoms with E-state index in [0.29, 0.717) is 19.0 Å². The number of likely N-dealkylation sites (tertiary alicyclic amines) is 1. The second kappa shape index (κ2) is 10.1. The van der Waals surface area contributed by atoms with Crippen molar-refractivity contribution in [3.05, 3.63) is 29.8 Å². The maximum absolute atomic E-state index is 12.8. The van der Waals surface area contributed by atoms with Crippen LogP contribution in [0.25, 0.3) is 0 Å². The van der Waals surface area contributed by atoms with Gasteiger partial charge in [-0.25, -0.2) is 0 Å². The maximum atomic E-state index is 12.8. The number of piperazine rings is 1. The van der Waals surface area contributed by atoms with Crippen LogP contribution in [0.2, 0.25) is 0 Å². The fraction of sp³-hybridized carbons (Fsp3) is 0.680. The molecule has 0 radical (unpaired) electrons. The normalized spacial score (nSPS) is 28.1. The molecule has 4 rings (SSSR count). The van der Waals surface area contributed by atoms with E-state index in [9.17, 15) is 9.59 Å². The summed E-state index contributed by atoms with van der Waals surface area (Å²) in [5.74, 6) is 0.658. The van der Waals surface area contributed by atoms with E-state index in [-0.39, 0.29) is 17.7 Å². The highest BCUT2D eigenvalue weighted by atomic mass is 16.2. The Morgan fingerprint density at radius 2 is 1.71 bits per heavy atom. The highest BCUT2D eigenvalue weighted by Crippen LogP contribution is 2.31. The van der Waals surface area contributed by atoms with Crippen molar-refractivity contribution in [1.82, 2.24) is 14.7 Å². The number of anilines is 1. The number of hydrogen-bond acceptors (Lipinski definition) is 4. The van der Waals surface area contributed by atoms with Crippen molar-refractivity contribution in [2.75, 3.05) is 51.6 Å². The lowest BCUT2D eigenvalue weighted by molar-refractivity contribution is -0.130. The first-order valence-electron chi connectivity index (χ1n) is 12.1. The lowest BCUT2D eigenvalue weighted by Crippen LogP contribution is -2.45. The first-order valence-corrected chi connectivity index (χ1v) is 12.1. The molecule has 6 nitrogen and oxygen atoms in total. The van der Waals surface area contributed by atoms with Gasteiger partial charge >= 0.3 is 0 Å². The van der Waals surface area contributed by atoms with Crippen LogP contribution in [0.5, 0.6) is 0 Å². The van der Waals surface area contributed by atoms with Gasteiger partial charge in [-0.05, 0) is 62.8 Å². The Morgan fingerprint density at radius 1 is 1.03 bits per heavy atom. The molecule has 1 unspecified atom stereocenters. The molecule has 1 aromatic carbocycles. The molecule has 1 aliphatic carbocycles. The minimum atomic E-state index is -0.233. The third kappa shape index (κ3) is 5.86. The predicted octanol–water partition coefficient (Wildman–Crippen LogP) is 2.84. The van der Waals surface area contributed by atoms with Crippen molar-refractivity contribution >= 4 is 17.5 Å². The lowest BCUT2D eigenvalue weighted by Gasteiger charge is -2.33. The molecule has 2 saturated heterocycles. The van der Waals surface area contributed by atoms with Crippen LogP contribution in [0.15, 0.2) is 24.3 Å². The van der Waals surface area contributed by atoms with Crippen molar-refractivity contribution in [3.63, 3.8) is 0 Å². The molecule has 2 heterocycles. The average molecular weight is 427 g/mol. The van der Waals surface area contributed by atoms with Crippen molar-refractivity contribution in [2.45, 2.75) is 51.5 Å². The highest BCUT2D eigenvalue weighted by molar-refractivity contribution is 5.97. The van der Waals surface area contributed by atoms with E-state index in [1.165, 1.54) is 18.4 Å². The van der Waals surface area contributed by atoms with Crippen LogP contribution in [0.3, 0.4) is 0 Å². The number of hydrogen-bond donors (Lipinski definition) is 1. The quantitative estimate of drug-likeness (QED) is 0.760. The fourth-order valence-electron chi connectivity index (χ4n) is 5.17. The van der Waals surface area contributed by atoms with Crippen LogP contribution < -0.4 is 5.32 Å². The van der Waals surface area contributed by atoms with Crippen LogP contribution >= 0.6 is 0 Å². The van der Waals surface area contributed by atoms with E-state index in [0.717, 1.165) is 63.6 Å². The fourth-order valence-corrected chi connectivity index (χ4v) is 5.17. The Hall–Kier alpha value is -1.92. The molecule has 170 valence electrons. The van der Waals surface area contributed by atoms with E-state index >= 15 is 0 Å². The zero-order valence-electron chi connectivity index (χ0n) is 19.2. The van der Waals surface area contributed by atoms with Gasteiger partial charge in [-0.3, -0.25) is 9.59 Å². The van der Waals surface area contributed by atoms with E-state index in [1.54, 1.807) is 0 Å². The van der Waals surface area contributed by atoms with Gasteiger partial charge in [0.2, 0.25) is 11.8 Å². The van der Waals surface area contributed by atoms with Crippen LogP contribution in [-0.4, -0.2) is 78.9 Å². The summed E-state index contributed by atoms with van der Waals surface area (Å²) in [4.78, 5) is 32.2. The minimum Gasteiger partial charge on any atom is -0.339 e. The van der Waals surface area contributed by atoms with Gasteiger partial charge in [0.25, 0.3) is 0 Å². The predicted molar refractivity (Wildman–Crippen MR) is 124 cm³/mol. The highest BCUT2D eigenvalue weighted by Gasteiger charge is 2.38. The van der Waals surface area contributed by atoms with Crippen molar-refractivity contribution < 1.29 is 9.59 Å². The Bertz CT molecular complexity index is 749. The van der Waals surface area contributed by atoms with E-state index in [1.807, 2.05) is 17.0 Å². The third-order valence-electron chi connectivity index (χ3n) is 7.49. The van der Waals surface area contributed by atoms with Crippen molar-refractivity contribution in [2.24, 2.45) is 11.8 Å². The number of amides is 2. The zero-order chi connectivity index (χ0) is 21.8. The number of nitrogens with zero attached hydrogens (tertiary/aromatic N) is 3. The number of benzene rings is 1. The second-order valence-corrected chi connectivity index (χ2v) is 9.94. The van der Waals surface area contributed by atoms with Gasteiger partial charge in [-0.2, -0.15) is 0 Å². The SMILES string of the molecule is CC1CCC(N2CC(C(=O)Nc3ccc(CCN4CCN(C)CC4)cc3)CC2=O)CC1. The standard InChI is InChI=1S/C25H38N4O2/c1-19-3-9-23(10-4-19)29-18-21(17-24(29)30)25(31)26-22-7-5-20(6-8-22)11-12-28-15-13-27(2)14-16-28/h5-8,19,21,23H,3-4,9-18H2,1-2H3,(H,26,31). The summed E-state index contributed by atoms with van der Waals surface area (Å²) in [6.45, 7) is 8.52. The van der Waals surface area contributed by atoms with Gasteiger partial charge in [-0.1, -0.05) is 19.1 Å². The van der Waals surface area contributed by atoms with Gasteiger partial charge in [0, 0.05) is 57.4 Å². The molecule has 0 bridgehead atoms. The van der Waals surface area contributed by atoms with E-state index in [4.69, 9.17) is 0 Å². The molecule has 0 spiro atoms. The van der Waals surface area contributed by atoms with Gasteiger partial charge in [0.15, 0.2) is 0 Å². The Labute approximate surface area is 187 Å². The zero-order valence-corrected chi connectivity index (χ0v) is 19.2. The molecule has 6 heteroatoms. The Balaban J connectivity index is 1.23. The summed E-state index contributed by atoms with van der Waals surface area (Å²) < 4.78 is 0. The smallest absolute Gasteiger partial charge is 0.229 e. The third-order valence-corrected chi connectivity index (χ3v) is 7.49. The summed E-state index contributed by atoms with van der Waals surface area (Å²) in [6, 6.07) is 8.55. The molecule has 1 atom stereocenters. The van der Waals surface area contributed by atoms with Gasteiger partial charge < -0.3 is 20.0 Å². The second-order valence-electron chi connectivity index (χ2n) is 9.94. The largest absolute Gasteiger partial charge is 0.339 e. The summed E-state index contributed by atoms with van der Waals surface area (Å²) in [7, 11) is 2.18. The number of carbonyl (C=O) groups is 2. The molecule has 0 aromatic heterocycles. The monoisotopic (exact) mass is 426 g/mol. The molecule has 2 aliphatic heterocycles. The first kappa shape index (κ1) is 22.3. The number of nitrogens with one attached hydrogen (secondary N) is 1. The summed E-state index contributed by atoms with van der Waals surface area (Å²) >= 11 is 0. The van der Waals surface area contributed by atoms with Crippen LogP contribution in [0.1, 0.15) is 44.6 Å². The Morgan fingerprint density at radius 3 is 2.39 bits per heavy atom. The van der Waals surface area contributed by atoms with Gasteiger partial charge in [0.1, 0.15) is 0 Å². The molecule has 1 N–H and O–H groups in total. The number of likely N-dealkylation sites (N-methyl/N-ethyl adjacent to an activating group) is 1. The average Bonchev–Trinajstić information content (AvgIpc) is 3.17. The molecule has 3 aliphatic rings. The molecule has 1 saturated carbocycles. The van der Waals surface area contributed by atoms with Crippen molar-refractivity contribution in [1.29, 1.82) is 0 Å². The molecular weight excluding hydrogens is 388 g/mol. The Kier molecular flexibility index (Phi) is 7.28. The van der Waals surface area contributed by atoms with Crippen LogP contribution in [0, 0.1) is 11.8 Å². The maximum Gasteiger partial charge on any atom is 0.229 e.